The number of nitrogens with zero attached hydrogens (tertiary/aromatic N) is 1. The zero-order valence-electron chi connectivity index (χ0n) is 6.70. The number of nitrogen functional groups attached to an aromatic ring is 1. The quantitative estimate of drug-likeness (QED) is 0.786. The van der Waals surface area contributed by atoms with Crippen molar-refractivity contribution in [3.63, 3.8) is 0 Å². The Kier molecular flexibility index (Phi) is 2.20. The lowest BCUT2D eigenvalue weighted by Gasteiger charge is -1.96. The van der Waals surface area contributed by atoms with Crippen molar-refractivity contribution in [2.24, 2.45) is 0 Å². The Morgan fingerprint density at radius 2 is 2.15 bits per heavy atom. The van der Waals surface area contributed by atoms with Gasteiger partial charge in [-0.25, -0.2) is 4.98 Å². The number of halogens is 1. The molecule has 2 nitrogen and oxygen atoms in total. The van der Waals surface area contributed by atoms with E-state index < -0.39 is 0 Å². The van der Waals surface area contributed by atoms with Gasteiger partial charge < -0.3 is 5.73 Å². The minimum atomic E-state index is 0.530. The summed E-state index contributed by atoms with van der Waals surface area (Å²) in [5, 5.41) is 0. The SMILES string of the molecule is Nc1cc(-c2ccc(Cl)s2)ccn1. The van der Waals surface area contributed by atoms with Crippen molar-refractivity contribution in [1.29, 1.82) is 0 Å². The van der Waals surface area contributed by atoms with Gasteiger partial charge in [-0.1, -0.05) is 11.6 Å². The van der Waals surface area contributed by atoms with Crippen LogP contribution in [0.25, 0.3) is 10.4 Å². The number of thiophene rings is 1. The van der Waals surface area contributed by atoms with Crippen LogP contribution < -0.4 is 5.73 Å². The van der Waals surface area contributed by atoms with Crippen LogP contribution in [0.5, 0.6) is 0 Å². The standard InChI is InChI=1S/C9H7ClN2S/c10-8-2-1-7(13-8)6-3-4-12-9(11)5-6/h1-5H,(H2,11,12). The number of hydrogen-bond acceptors (Lipinski definition) is 3. The fourth-order valence-electron chi connectivity index (χ4n) is 1.07. The van der Waals surface area contributed by atoms with E-state index >= 15 is 0 Å². The summed E-state index contributed by atoms with van der Waals surface area (Å²) in [6.07, 6.45) is 1.69. The first-order valence-electron chi connectivity index (χ1n) is 3.73. The number of aromatic nitrogens is 1. The first-order valence-corrected chi connectivity index (χ1v) is 4.92. The van der Waals surface area contributed by atoms with Crippen LogP contribution in [-0.2, 0) is 0 Å². The smallest absolute Gasteiger partial charge is 0.123 e. The maximum absolute atomic E-state index is 5.82. The van der Waals surface area contributed by atoms with Crippen molar-refractivity contribution < 1.29 is 0 Å². The largest absolute Gasteiger partial charge is 0.384 e. The molecule has 0 radical (unpaired) electrons. The van der Waals surface area contributed by atoms with Crippen LogP contribution in [0.2, 0.25) is 4.34 Å². The molecule has 2 aromatic rings. The van der Waals surface area contributed by atoms with Crippen molar-refractivity contribution in [2.45, 2.75) is 0 Å². The summed E-state index contributed by atoms with van der Waals surface area (Å²) in [6, 6.07) is 7.60. The van der Waals surface area contributed by atoms with E-state index in [-0.39, 0.29) is 0 Å². The second-order valence-electron chi connectivity index (χ2n) is 2.57. The monoisotopic (exact) mass is 210 g/mol. The van der Waals surface area contributed by atoms with Gasteiger partial charge in [0, 0.05) is 11.1 Å². The number of hydrogen-bond donors (Lipinski definition) is 1. The molecule has 0 aliphatic carbocycles. The molecular weight excluding hydrogens is 204 g/mol. The van der Waals surface area contributed by atoms with Gasteiger partial charge in [0.15, 0.2) is 0 Å². The van der Waals surface area contributed by atoms with Gasteiger partial charge in [0.05, 0.1) is 4.34 Å². The molecule has 0 unspecified atom stereocenters. The molecule has 2 heterocycles. The lowest BCUT2D eigenvalue weighted by atomic mass is 10.2. The van der Waals surface area contributed by atoms with Crippen LogP contribution in [0.1, 0.15) is 0 Å². The van der Waals surface area contributed by atoms with E-state index in [1.54, 1.807) is 6.20 Å². The van der Waals surface area contributed by atoms with Crippen molar-refractivity contribution >= 4 is 28.8 Å². The minimum absolute atomic E-state index is 0.530. The third-order valence-electron chi connectivity index (χ3n) is 1.64. The lowest BCUT2D eigenvalue weighted by Crippen LogP contribution is -1.88. The number of rotatable bonds is 1. The molecular formula is C9H7ClN2S. The average molecular weight is 211 g/mol. The molecule has 13 heavy (non-hydrogen) atoms. The van der Waals surface area contributed by atoms with E-state index in [1.807, 2.05) is 24.3 Å². The molecule has 2 aromatic heterocycles. The molecule has 2 N–H and O–H groups in total. The maximum Gasteiger partial charge on any atom is 0.123 e. The Bertz CT molecular complexity index is 425. The number of pyridine rings is 1. The summed E-state index contributed by atoms with van der Waals surface area (Å²) in [7, 11) is 0. The maximum atomic E-state index is 5.82. The van der Waals surface area contributed by atoms with Gasteiger partial charge in [0.2, 0.25) is 0 Å². The third kappa shape index (κ3) is 1.82. The van der Waals surface area contributed by atoms with E-state index in [2.05, 4.69) is 4.98 Å². The molecule has 2 rings (SSSR count). The van der Waals surface area contributed by atoms with Crippen LogP contribution >= 0.6 is 22.9 Å². The summed E-state index contributed by atoms with van der Waals surface area (Å²) in [6.45, 7) is 0. The van der Waals surface area contributed by atoms with Gasteiger partial charge in [0.25, 0.3) is 0 Å². The van der Waals surface area contributed by atoms with Crippen LogP contribution in [0, 0.1) is 0 Å². The molecule has 0 spiro atoms. The van der Waals surface area contributed by atoms with Crippen molar-refractivity contribution in [2.75, 3.05) is 5.73 Å². The second-order valence-corrected chi connectivity index (χ2v) is 4.29. The second kappa shape index (κ2) is 3.36. The number of anilines is 1. The molecule has 66 valence electrons. The third-order valence-corrected chi connectivity index (χ3v) is 2.92. The van der Waals surface area contributed by atoms with E-state index in [0.717, 1.165) is 14.8 Å². The molecule has 0 saturated heterocycles. The first-order chi connectivity index (χ1) is 6.25. The highest BCUT2D eigenvalue weighted by atomic mass is 35.5. The normalized spacial score (nSPS) is 10.2. The molecule has 0 saturated carbocycles. The Balaban J connectivity index is 2.46. The zero-order chi connectivity index (χ0) is 9.26. The zero-order valence-corrected chi connectivity index (χ0v) is 8.27. The molecule has 0 fully saturated rings. The fourth-order valence-corrected chi connectivity index (χ4v) is 2.11. The Morgan fingerprint density at radius 1 is 1.31 bits per heavy atom. The molecule has 4 heteroatoms. The Hall–Kier alpha value is -1.06. The predicted octanol–water partition coefficient (Wildman–Crippen LogP) is 3.05. The summed E-state index contributed by atoms with van der Waals surface area (Å²) in [5.41, 5.74) is 6.62. The van der Waals surface area contributed by atoms with Crippen molar-refractivity contribution in [3.05, 3.63) is 34.8 Å². The molecule has 0 aromatic carbocycles. The summed E-state index contributed by atoms with van der Waals surface area (Å²) in [4.78, 5) is 5.03. The van der Waals surface area contributed by atoms with E-state index in [0.29, 0.717) is 5.82 Å². The number of nitrogens with two attached hydrogens (primary N) is 1. The highest BCUT2D eigenvalue weighted by molar-refractivity contribution is 7.19. The van der Waals surface area contributed by atoms with Gasteiger partial charge in [-0.05, 0) is 29.8 Å². The van der Waals surface area contributed by atoms with Crippen LogP contribution in [0.3, 0.4) is 0 Å². The Labute approximate surface area is 85.0 Å². The molecule has 0 bridgehead atoms. The summed E-state index contributed by atoms with van der Waals surface area (Å²) in [5.74, 6) is 0.530. The average Bonchev–Trinajstić information content (AvgIpc) is 2.52. The fraction of sp³-hybridized carbons (Fsp3) is 0. The van der Waals surface area contributed by atoms with Gasteiger partial charge in [0.1, 0.15) is 5.82 Å². The van der Waals surface area contributed by atoms with E-state index in [4.69, 9.17) is 17.3 Å². The Morgan fingerprint density at radius 3 is 2.77 bits per heavy atom. The van der Waals surface area contributed by atoms with Crippen LogP contribution in [0.4, 0.5) is 5.82 Å². The molecule has 0 aliphatic rings. The lowest BCUT2D eigenvalue weighted by molar-refractivity contribution is 1.34. The molecule has 0 amide bonds. The van der Waals surface area contributed by atoms with Crippen molar-refractivity contribution in [3.8, 4) is 10.4 Å². The minimum Gasteiger partial charge on any atom is -0.384 e. The van der Waals surface area contributed by atoms with Crippen molar-refractivity contribution in [1.82, 2.24) is 4.98 Å². The highest BCUT2D eigenvalue weighted by Gasteiger charge is 2.01. The topological polar surface area (TPSA) is 38.9 Å². The first kappa shape index (κ1) is 8.53. The highest BCUT2D eigenvalue weighted by Crippen LogP contribution is 2.31. The van der Waals surface area contributed by atoms with Crippen LogP contribution in [-0.4, -0.2) is 4.98 Å². The van der Waals surface area contributed by atoms with Gasteiger partial charge in [-0.2, -0.15) is 0 Å². The van der Waals surface area contributed by atoms with E-state index in [1.165, 1.54) is 11.3 Å². The van der Waals surface area contributed by atoms with Crippen LogP contribution in [0.15, 0.2) is 30.5 Å². The summed E-state index contributed by atoms with van der Waals surface area (Å²) >= 11 is 7.35. The summed E-state index contributed by atoms with van der Waals surface area (Å²) < 4.78 is 0.783. The van der Waals surface area contributed by atoms with Gasteiger partial charge in [-0.3, -0.25) is 0 Å². The van der Waals surface area contributed by atoms with E-state index in [9.17, 15) is 0 Å². The molecule has 0 atom stereocenters. The van der Waals surface area contributed by atoms with Gasteiger partial charge in [-0.15, -0.1) is 11.3 Å². The predicted molar refractivity (Wildman–Crippen MR) is 57.0 cm³/mol. The molecule has 0 aliphatic heterocycles. The van der Waals surface area contributed by atoms with Gasteiger partial charge >= 0.3 is 0 Å².